The van der Waals surface area contributed by atoms with Gasteiger partial charge in [0.25, 0.3) is 0 Å². The van der Waals surface area contributed by atoms with Gasteiger partial charge in [-0.1, -0.05) is 19.0 Å². The second-order valence-corrected chi connectivity index (χ2v) is 5.25. The van der Waals surface area contributed by atoms with E-state index in [1.807, 2.05) is 19.9 Å². The first-order valence-corrected chi connectivity index (χ1v) is 6.30. The van der Waals surface area contributed by atoms with Crippen LogP contribution >= 0.6 is 0 Å². The Labute approximate surface area is 106 Å². The Balaban J connectivity index is 2.15. The molecule has 2 heterocycles. The molecule has 5 nitrogen and oxygen atoms in total. The molecule has 100 valence electrons. The van der Waals surface area contributed by atoms with Crippen LogP contribution < -0.4 is 0 Å². The van der Waals surface area contributed by atoms with Gasteiger partial charge in [-0.25, -0.2) is 0 Å². The summed E-state index contributed by atoms with van der Waals surface area (Å²) >= 11 is 0. The maximum absolute atomic E-state index is 11.5. The third kappa shape index (κ3) is 2.56. The third-order valence-corrected chi connectivity index (χ3v) is 3.58. The van der Waals surface area contributed by atoms with Crippen LogP contribution in [0.3, 0.4) is 0 Å². The van der Waals surface area contributed by atoms with Crippen LogP contribution in [0.4, 0.5) is 0 Å². The molecule has 1 aromatic heterocycles. The number of carboxylic acid groups (broad SMARTS) is 1. The molecule has 0 aliphatic carbocycles. The van der Waals surface area contributed by atoms with Gasteiger partial charge in [0.15, 0.2) is 0 Å². The molecule has 1 aromatic rings. The Morgan fingerprint density at radius 2 is 2.17 bits per heavy atom. The number of hydrogen-bond donors (Lipinski definition) is 1. The normalized spacial score (nSPS) is 19.1. The van der Waals surface area contributed by atoms with Gasteiger partial charge >= 0.3 is 5.97 Å². The molecule has 0 unspecified atom stereocenters. The lowest BCUT2D eigenvalue weighted by Gasteiger charge is -2.32. The summed E-state index contributed by atoms with van der Waals surface area (Å²) in [6.45, 7) is 5.06. The van der Waals surface area contributed by atoms with E-state index in [-0.39, 0.29) is 5.92 Å². The van der Waals surface area contributed by atoms with E-state index in [1.165, 1.54) is 0 Å². The van der Waals surface area contributed by atoms with Crippen molar-refractivity contribution in [3.05, 3.63) is 17.5 Å². The average molecular weight is 253 g/mol. The van der Waals surface area contributed by atoms with Crippen molar-refractivity contribution in [2.45, 2.75) is 39.0 Å². The molecule has 2 rings (SSSR count). The SMILES string of the molecule is CC(C)c1cc(CC2(C(=O)O)CCOCC2)on1. The van der Waals surface area contributed by atoms with Gasteiger partial charge in [-0.15, -0.1) is 0 Å². The molecule has 1 N–H and O–H groups in total. The van der Waals surface area contributed by atoms with Gasteiger partial charge in [0.2, 0.25) is 0 Å². The van der Waals surface area contributed by atoms with Crippen molar-refractivity contribution in [3.63, 3.8) is 0 Å². The molecule has 1 saturated heterocycles. The molecule has 5 heteroatoms. The Morgan fingerprint density at radius 1 is 1.50 bits per heavy atom. The lowest BCUT2D eigenvalue weighted by Crippen LogP contribution is -2.39. The molecule has 0 aromatic carbocycles. The smallest absolute Gasteiger partial charge is 0.310 e. The average Bonchev–Trinajstić information content (AvgIpc) is 2.78. The molecule has 1 aliphatic rings. The van der Waals surface area contributed by atoms with Gasteiger partial charge in [0.1, 0.15) is 5.76 Å². The zero-order valence-corrected chi connectivity index (χ0v) is 10.8. The Bertz CT molecular complexity index is 418. The quantitative estimate of drug-likeness (QED) is 0.890. The maximum atomic E-state index is 11.5. The van der Waals surface area contributed by atoms with E-state index >= 15 is 0 Å². The first-order valence-electron chi connectivity index (χ1n) is 6.30. The fourth-order valence-electron chi connectivity index (χ4n) is 2.25. The first-order chi connectivity index (χ1) is 8.53. The monoisotopic (exact) mass is 253 g/mol. The van der Waals surface area contributed by atoms with Gasteiger partial charge in [-0.05, 0) is 18.8 Å². The van der Waals surface area contributed by atoms with E-state index in [0.29, 0.717) is 38.2 Å². The number of rotatable bonds is 4. The predicted octanol–water partition coefficient (Wildman–Crippen LogP) is 2.22. The molecule has 0 spiro atoms. The Kier molecular flexibility index (Phi) is 3.71. The molecule has 0 amide bonds. The molecule has 1 aliphatic heterocycles. The first kappa shape index (κ1) is 13.1. The van der Waals surface area contributed by atoms with Gasteiger partial charge in [-0.3, -0.25) is 4.79 Å². The highest BCUT2D eigenvalue weighted by Crippen LogP contribution is 2.35. The minimum atomic E-state index is -0.770. The fraction of sp³-hybridized carbons (Fsp3) is 0.692. The van der Waals surface area contributed by atoms with Crippen LogP contribution in [-0.4, -0.2) is 29.4 Å². The van der Waals surface area contributed by atoms with Crippen molar-refractivity contribution in [3.8, 4) is 0 Å². The van der Waals surface area contributed by atoms with Crippen molar-refractivity contribution in [2.24, 2.45) is 5.41 Å². The fourth-order valence-corrected chi connectivity index (χ4v) is 2.25. The molecule has 0 saturated carbocycles. The third-order valence-electron chi connectivity index (χ3n) is 3.58. The number of carboxylic acids is 1. The summed E-state index contributed by atoms with van der Waals surface area (Å²) in [5.41, 5.74) is 0.115. The van der Waals surface area contributed by atoms with Crippen molar-refractivity contribution >= 4 is 5.97 Å². The number of aromatic nitrogens is 1. The van der Waals surface area contributed by atoms with Crippen molar-refractivity contribution in [1.82, 2.24) is 5.16 Å². The summed E-state index contributed by atoms with van der Waals surface area (Å²) in [7, 11) is 0. The predicted molar refractivity (Wildman–Crippen MR) is 64.4 cm³/mol. The number of ether oxygens (including phenoxy) is 1. The topological polar surface area (TPSA) is 72.6 Å². The summed E-state index contributed by atoms with van der Waals surface area (Å²) in [5.74, 6) is 0.175. The molecule has 0 radical (unpaired) electrons. The summed E-state index contributed by atoms with van der Waals surface area (Å²) in [6, 6.07) is 1.87. The highest BCUT2D eigenvalue weighted by atomic mass is 16.5. The second-order valence-electron chi connectivity index (χ2n) is 5.25. The van der Waals surface area contributed by atoms with Gasteiger partial charge in [-0.2, -0.15) is 0 Å². The minimum absolute atomic E-state index is 0.290. The molecule has 1 fully saturated rings. The highest BCUT2D eigenvalue weighted by Gasteiger charge is 2.41. The van der Waals surface area contributed by atoms with Gasteiger partial charge in [0, 0.05) is 25.7 Å². The van der Waals surface area contributed by atoms with Crippen LogP contribution in [-0.2, 0) is 16.0 Å². The lowest BCUT2D eigenvalue weighted by molar-refractivity contribution is -0.155. The summed E-state index contributed by atoms with van der Waals surface area (Å²) in [6.07, 6.45) is 1.45. The zero-order valence-electron chi connectivity index (χ0n) is 10.8. The van der Waals surface area contributed by atoms with Crippen LogP contribution in [0.1, 0.15) is 44.1 Å². The van der Waals surface area contributed by atoms with E-state index in [9.17, 15) is 9.90 Å². The second kappa shape index (κ2) is 5.10. The van der Waals surface area contributed by atoms with Crippen LogP contribution in [0, 0.1) is 5.41 Å². The lowest BCUT2D eigenvalue weighted by atomic mass is 9.76. The number of nitrogens with zero attached hydrogens (tertiary/aromatic N) is 1. The minimum Gasteiger partial charge on any atom is -0.481 e. The van der Waals surface area contributed by atoms with Crippen molar-refractivity contribution in [2.75, 3.05) is 13.2 Å². The van der Waals surface area contributed by atoms with Crippen LogP contribution in [0.15, 0.2) is 10.6 Å². The standard InChI is InChI=1S/C13H19NO4/c1-9(2)11-7-10(18-14-11)8-13(12(15)16)3-5-17-6-4-13/h7,9H,3-6,8H2,1-2H3,(H,15,16). The highest BCUT2D eigenvalue weighted by molar-refractivity contribution is 5.75. The molecule has 0 atom stereocenters. The Morgan fingerprint density at radius 3 is 2.67 bits per heavy atom. The van der Waals surface area contributed by atoms with E-state index in [4.69, 9.17) is 9.26 Å². The van der Waals surface area contributed by atoms with Crippen LogP contribution in [0.2, 0.25) is 0 Å². The van der Waals surface area contributed by atoms with Gasteiger partial charge in [0.05, 0.1) is 11.1 Å². The molecular formula is C13H19NO4. The number of aliphatic carboxylic acids is 1. The van der Waals surface area contributed by atoms with E-state index in [0.717, 1.165) is 5.69 Å². The van der Waals surface area contributed by atoms with Crippen molar-refractivity contribution in [1.29, 1.82) is 0 Å². The summed E-state index contributed by atoms with van der Waals surface area (Å²) in [5, 5.41) is 13.4. The van der Waals surface area contributed by atoms with E-state index < -0.39 is 11.4 Å². The summed E-state index contributed by atoms with van der Waals surface area (Å²) < 4.78 is 10.5. The van der Waals surface area contributed by atoms with Crippen LogP contribution in [0.25, 0.3) is 0 Å². The van der Waals surface area contributed by atoms with E-state index in [2.05, 4.69) is 5.16 Å². The molecular weight excluding hydrogens is 234 g/mol. The van der Waals surface area contributed by atoms with Crippen LogP contribution in [0.5, 0.6) is 0 Å². The molecule has 18 heavy (non-hydrogen) atoms. The zero-order chi connectivity index (χ0) is 13.2. The van der Waals surface area contributed by atoms with Crippen molar-refractivity contribution < 1.29 is 19.2 Å². The maximum Gasteiger partial charge on any atom is 0.310 e. The number of carbonyl (C=O) groups is 1. The van der Waals surface area contributed by atoms with E-state index in [1.54, 1.807) is 0 Å². The number of hydrogen-bond acceptors (Lipinski definition) is 4. The van der Waals surface area contributed by atoms with Gasteiger partial charge < -0.3 is 14.4 Å². The Hall–Kier alpha value is -1.36. The molecule has 0 bridgehead atoms. The largest absolute Gasteiger partial charge is 0.481 e. The summed E-state index contributed by atoms with van der Waals surface area (Å²) in [4.78, 5) is 11.5.